The zero-order chi connectivity index (χ0) is 24.9. The number of anilines is 2. The Bertz CT molecular complexity index is 989. The fourth-order valence-electron chi connectivity index (χ4n) is 3.74. The summed E-state index contributed by atoms with van der Waals surface area (Å²) in [6.45, 7) is 15.2. The number of benzene rings is 2. The molecule has 0 saturated heterocycles. The number of hydrogen-bond donors (Lipinski definition) is 2. The molecule has 0 atom stereocenters. The van der Waals surface area contributed by atoms with Gasteiger partial charge in [0.15, 0.2) is 0 Å². The van der Waals surface area contributed by atoms with Crippen molar-refractivity contribution in [2.24, 2.45) is 11.8 Å². The van der Waals surface area contributed by atoms with Crippen molar-refractivity contribution >= 4 is 23.3 Å². The number of carboxylic acids is 1. The molecule has 1 amide bonds. The van der Waals surface area contributed by atoms with E-state index in [1.165, 1.54) is 6.07 Å². The highest BCUT2D eigenvalue weighted by molar-refractivity contribution is 5.96. The van der Waals surface area contributed by atoms with Crippen molar-refractivity contribution in [1.29, 1.82) is 0 Å². The first kappa shape index (κ1) is 26.4. The van der Waals surface area contributed by atoms with Gasteiger partial charge < -0.3 is 15.3 Å². The van der Waals surface area contributed by atoms with Crippen molar-refractivity contribution in [1.82, 2.24) is 0 Å². The number of aliphatic carboxylic acids is 1. The van der Waals surface area contributed by atoms with Gasteiger partial charge in [-0.25, -0.2) is 4.39 Å². The van der Waals surface area contributed by atoms with E-state index in [2.05, 4.69) is 37.9 Å². The first-order valence-corrected chi connectivity index (χ1v) is 11.5. The Labute approximate surface area is 197 Å². The topological polar surface area (TPSA) is 69.6 Å². The maximum atomic E-state index is 14.3. The quantitative estimate of drug-likeness (QED) is 0.474. The van der Waals surface area contributed by atoms with E-state index in [1.54, 1.807) is 39.0 Å². The van der Waals surface area contributed by atoms with E-state index in [4.69, 9.17) is 0 Å². The lowest BCUT2D eigenvalue weighted by Crippen LogP contribution is -2.33. The Morgan fingerprint density at radius 1 is 1.03 bits per heavy atom. The molecule has 2 aromatic carbocycles. The largest absolute Gasteiger partial charge is 0.481 e. The van der Waals surface area contributed by atoms with Crippen molar-refractivity contribution in [3.8, 4) is 0 Å². The van der Waals surface area contributed by atoms with Crippen LogP contribution in [-0.2, 0) is 21.4 Å². The molecule has 6 heteroatoms. The first-order chi connectivity index (χ1) is 15.3. The van der Waals surface area contributed by atoms with Crippen molar-refractivity contribution < 1.29 is 19.1 Å². The molecular weight excluding hydrogens is 419 g/mol. The number of aryl methyl sites for hydroxylation is 1. The van der Waals surface area contributed by atoms with Crippen LogP contribution in [0.2, 0.25) is 0 Å². The first-order valence-electron chi connectivity index (χ1n) is 11.5. The van der Waals surface area contributed by atoms with Gasteiger partial charge in [-0.15, -0.1) is 0 Å². The molecule has 0 heterocycles. The zero-order valence-electron chi connectivity index (χ0n) is 20.8. The fourth-order valence-corrected chi connectivity index (χ4v) is 3.74. The van der Waals surface area contributed by atoms with Crippen LogP contribution in [0.1, 0.15) is 58.2 Å². The number of carbonyl (C=O) groups excluding carboxylic acids is 1. The van der Waals surface area contributed by atoms with E-state index >= 15 is 0 Å². The molecule has 0 bridgehead atoms. The Hall–Kier alpha value is -2.89. The minimum Gasteiger partial charge on any atom is -0.481 e. The SMILES string of the molecule is Cc1ccc(CC(=O)Nc2cc(C(C)(C)C(=O)O)ccc2N(CC(C)C)CC(C)C)c(F)c1. The highest BCUT2D eigenvalue weighted by Crippen LogP contribution is 2.34. The van der Waals surface area contributed by atoms with Crippen LogP contribution in [0.3, 0.4) is 0 Å². The summed E-state index contributed by atoms with van der Waals surface area (Å²) < 4.78 is 14.3. The monoisotopic (exact) mass is 456 g/mol. The molecule has 0 spiro atoms. The van der Waals surface area contributed by atoms with Crippen LogP contribution in [0.5, 0.6) is 0 Å². The number of halogens is 1. The van der Waals surface area contributed by atoms with Crippen LogP contribution in [0.25, 0.3) is 0 Å². The lowest BCUT2D eigenvalue weighted by molar-refractivity contribution is -0.142. The van der Waals surface area contributed by atoms with Gasteiger partial charge in [-0.2, -0.15) is 0 Å². The van der Waals surface area contributed by atoms with Crippen molar-refractivity contribution in [3.63, 3.8) is 0 Å². The molecule has 2 N–H and O–H groups in total. The normalized spacial score (nSPS) is 11.7. The van der Waals surface area contributed by atoms with E-state index in [0.29, 0.717) is 28.7 Å². The molecule has 0 unspecified atom stereocenters. The second-order valence-corrected chi connectivity index (χ2v) is 10.2. The van der Waals surface area contributed by atoms with Crippen molar-refractivity contribution in [2.75, 3.05) is 23.3 Å². The summed E-state index contributed by atoms with van der Waals surface area (Å²) in [6.07, 6.45) is -0.105. The number of carbonyl (C=O) groups is 2. The maximum Gasteiger partial charge on any atom is 0.313 e. The number of nitrogens with one attached hydrogen (secondary N) is 1. The Kier molecular flexibility index (Phi) is 8.64. The molecule has 2 rings (SSSR count). The summed E-state index contributed by atoms with van der Waals surface area (Å²) in [7, 11) is 0. The van der Waals surface area contributed by atoms with Gasteiger partial charge in [0.05, 0.1) is 23.2 Å². The molecule has 180 valence electrons. The van der Waals surface area contributed by atoms with E-state index in [9.17, 15) is 19.1 Å². The van der Waals surface area contributed by atoms with Crippen LogP contribution < -0.4 is 10.2 Å². The third kappa shape index (κ3) is 7.04. The third-order valence-electron chi connectivity index (χ3n) is 5.60. The molecular formula is C27H37FN2O3. The third-order valence-corrected chi connectivity index (χ3v) is 5.60. The summed E-state index contributed by atoms with van der Waals surface area (Å²) in [4.78, 5) is 27.0. The average molecular weight is 457 g/mol. The van der Waals surface area contributed by atoms with Crippen LogP contribution in [-0.4, -0.2) is 30.1 Å². The van der Waals surface area contributed by atoms with Gasteiger partial charge in [0.25, 0.3) is 0 Å². The lowest BCUT2D eigenvalue weighted by atomic mass is 9.84. The summed E-state index contributed by atoms with van der Waals surface area (Å²) in [6, 6.07) is 10.2. The van der Waals surface area contributed by atoms with E-state index in [-0.39, 0.29) is 12.3 Å². The van der Waals surface area contributed by atoms with Crippen molar-refractivity contribution in [3.05, 3.63) is 58.9 Å². The second-order valence-electron chi connectivity index (χ2n) is 10.2. The van der Waals surface area contributed by atoms with E-state index in [1.807, 2.05) is 12.1 Å². The van der Waals surface area contributed by atoms with Gasteiger partial charge in [-0.05, 0) is 67.5 Å². The molecule has 0 aromatic heterocycles. The van der Waals surface area contributed by atoms with Crippen LogP contribution in [0, 0.1) is 24.6 Å². The molecule has 0 radical (unpaired) electrons. The summed E-state index contributed by atoms with van der Waals surface area (Å²) in [5.41, 5.74) is 1.95. The molecule has 33 heavy (non-hydrogen) atoms. The van der Waals surface area contributed by atoms with Crippen LogP contribution >= 0.6 is 0 Å². The second kappa shape index (κ2) is 10.8. The Morgan fingerprint density at radius 2 is 1.64 bits per heavy atom. The Morgan fingerprint density at radius 3 is 2.15 bits per heavy atom. The Balaban J connectivity index is 2.47. The predicted octanol–water partition coefficient (Wildman–Crippen LogP) is 5.80. The number of amides is 1. The summed E-state index contributed by atoms with van der Waals surface area (Å²) in [5.74, 6) is -0.922. The van der Waals surface area contributed by atoms with Gasteiger partial charge in [-0.1, -0.05) is 45.9 Å². The highest BCUT2D eigenvalue weighted by Gasteiger charge is 2.30. The van der Waals surface area contributed by atoms with Crippen molar-refractivity contribution in [2.45, 2.75) is 60.3 Å². The number of hydrogen-bond acceptors (Lipinski definition) is 3. The summed E-state index contributed by atoms with van der Waals surface area (Å²) in [5, 5.41) is 12.6. The van der Waals surface area contributed by atoms with E-state index in [0.717, 1.165) is 24.3 Å². The molecule has 0 aliphatic heterocycles. The molecule has 0 aliphatic rings. The molecule has 5 nitrogen and oxygen atoms in total. The minimum absolute atomic E-state index is 0.105. The van der Waals surface area contributed by atoms with Gasteiger partial charge in [0, 0.05) is 13.1 Å². The zero-order valence-corrected chi connectivity index (χ0v) is 20.8. The standard InChI is InChI=1S/C27H37FN2O3/c1-17(2)15-30(16-18(3)4)24-11-10-21(27(6,7)26(32)33)14-23(24)29-25(31)13-20-9-8-19(5)12-22(20)28/h8-12,14,17-18H,13,15-16H2,1-7H3,(H,29,31)(H,32,33). The molecule has 0 fully saturated rings. The smallest absolute Gasteiger partial charge is 0.313 e. The average Bonchev–Trinajstić information content (AvgIpc) is 2.68. The van der Waals surface area contributed by atoms with Gasteiger partial charge in [0.1, 0.15) is 5.82 Å². The van der Waals surface area contributed by atoms with Crippen LogP contribution in [0.15, 0.2) is 36.4 Å². The molecule has 0 saturated carbocycles. The summed E-state index contributed by atoms with van der Waals surface area (Å²) >= 11 is 0. The van der Waals surface area contributed by atoms with Crippen LogP contribution in [0.4, 0.5) is 15.8 Å². The maximum absolute atomic E-state index is 14.3. The highest BCUT2D eigenvalue weighted by atomic mass is 19.1. The molecule has 0 aliphatic carbocycles. The predicted molar refractivity (Wildman–Crippen MR) is 132 cm³/mol. The van der Waals surface area contributed by atoms with Gasteiger partial charge in [0.2, 0.25) is 5.91 Å². The number of rotatable bonds is 10. The fraction of sp³-hybridized carbons (Fsp3) is 0.481. The lowest BCUT2D eigenvalue weighted by Gasteiger charge is -2.31. The number of carboxylic acid groups (broad SMARTS) is 1. The molecule has 2 aromatic rings. The van der Waals surface area contributed by atoms with Gasteiger partial charge >= 0.3 is 5.97 Å². The number of nitrogens with zero attached hydrogens (tertiary/aromatic N) is 1. The van der Waals surface area contributed by atoms with Gasteiger partial charge in [-0.3, -0.25) is 9.59 Å². The minimum atomic E-state index is -1.12. The van der Waals surface area contributed by atoms with E-state index < -0.39 is 17.2 Å².